The summed E-state index contributed by atoms with van der Waals surface area (Å²) in [6.45, 7) is 11.4. The minimum absolute atomic E-state index is 0.0401. The number of carboxylic acids is 1. The van der Waals surface area contributed by atoms with E-state index in [4.69, 9.17) is 6.42 Å². The molecule has 5 heteroatoms. The van der Waals surface area contributed by atoms with Crippen LogP contribution in [0.1, 0.15) is 19.8 Å². The SMILES string of the molecule is C#CCC(C(CC)C(=O)O)N1[Si](C)(C)CC[Si]1(C)C. The van der Waals surface area contributed by atoms with Gasteiger partial charge < -0.3 is 9.34 Å². The average Bonchev–Trinajstić information content (AvgIpc) is 2.48. The van der Waals surface area contributed by atoms with Crippen molar-refractivity contribution in [1.82, 2.24) is 4.23 Å². The van der Waals surface area contributed by atoms with Crippen LogP contribution >= 0.6 is 0 Å². The fourth-order valence-corrected chi connectivity index (χ4v) is 18.7. The Morgan fingerprint density at radius 2 is 1.79 bits per heavy atom. The van der Waals surface area contributed by atoms with Gasteiger partial charge in [-0.3, -0.25) is 4.79 Å². The molecule has 19 heavy (non-hydrogen) atoms. The number of carboxylic acid groups (broad SMARTS) is 1. The molecular formula is C14H27NO2Si2. The van der Waals surface area contributed by atoms with E-state index in [-0.39, 0.29) is 12.0 Å². The Hall–Kier alpha value is -0.576. The van der Waals surface area contributed by atoms with E-state index >= 15 is 0 Å². The lowest BCUT2D eigenvalue weighted by atomic mass is 9.95. The summed E-state index contributed by atoms with van der Waals surface area (Å²) in [5.74, 6) is 1.71. The summed E-state index contributed by atoms with van der Waals surface area (Å²) in [5.41, 5.74) is 0. The standard InChI is InChI=1S/C14H27NO2Si2/c1-7-9-13(12(8-2)14(16)17)15-18(3,4)10-11-19(15,5)6/h1,12-13H,8-11H2,2-6H3,(H,16,17). The highest BCUT2D eigenvalue weighted by molar-refractivity contribution is 6.95. The van der Waals surface area contributed by atoms with E-state index in [1.54, 1.807) is 0 Å². The van der Waals surface area contributed by atoms with Crippen molar-refractivity contribution in [1.29, 1.82) is 0 Å². The van der Waals surface area contributed by atoms with Gasteiger partial charge in [0.25, 0.3) is 0 Å². The van der Waals surface area contributed by atoms with Crippen LogP contribution in [0.5, 0.6) is 0 Å². The second kappa shape index (κ2) is 5.82. The quantitative estimate of drug-likeness (QED) is 0.626. The molecule has 2 atom stereocenters. The molecule has 0 aromatic heterocycles. The van der Waals surface area contributed by atoms with E-state index < -0.39 is 22.4 Å². The van der Waals surface area contributed by atoms with E-state index in [1.807, 2.05) is 6.92 Å². The zero-order valence-corrected chi connectivity index (χ0v) is 14.9. The number of carbonyl (C=O) groups is 1. The third-order valence-corrected chi connectivity index (χ3v) is 14.9. The minimum Gasteiger partial charge on any atom is -0.481 e. The molecule has 1 rings (SSSR count). The lowest BCUT2D eigenvalue weighted by molar-refractivity contribution is -0.143. The summed E-state index contributed by atoms with van der Waals surface area (Å²) < 4.78 is 2.64. The summed E-state index contributed by atoms with van der Waals surface area (Å²) in [5, 5.41) is 9.51. The Balaban J connectivity index is 3.17. The van der Waals surface area contributed by atoms with Crippen LogP contribution in [0.3, 0.4) is 0 Å². The number of terminal acetylenes is 1. The number of aliphatic carboxylic acids is 1. The summed E-state index contributed by atoms with van der Waals surface area (Å²) >= 11 is 0. The van der Waals surface area contributed by atoms with Gasteiger partial charge in [0.2, 0.25) is 0 Å². The fourth-order valence-electron chi connectivity index (χ4n) is 3.72. The maximum Gasteiger partial charge on any atom is 0.308 e. The van der Waals surface area contributed by atoms with Crippen LogP contribution in [-0.4, -0.2) is 37.8 Å². The monoisotopic (exact) mass is 297 g/mol. The Morgan fingerprint density at radius 3 is 2.11 bits per heavy atom. The van der Waals surface area contributed by atoms with E-state index in [0.717, 1.165) is 0 Å². The molecule has 0 bridgehead atoms. The number of rotatable bonds is 5. The molecular weight excluding hydrogens is 270 g/mol. The molecule has 0 aromatic rings. The van der Waals surface area contributed by atoms with Gasteiger partial charge in [0, 0.05) is 12.5 Å². The van der Waals surface area contributed by atoms with Gasteiger partial charge in [0.1, 0.15) is 16.5 Å². The maximum absolute atomic E-state index is 11.6. The fraction of sp³-hybridized carbons (Fsp3) is 0.786. The Morgan fingerprint density at radius 1 is 1.32 bits per heavy atom. The van der Waals surface area contributed by atoms with E-state index in [2.05, 4.69) is 36.3 Å². The van der Waals surface area contributed by atoms with Crippen LogP contribution < -0.4 is 0 Å². The van der Waals surface area contributed by atoms with Crippen molar-refractivity contribution >= 4 is 22.4 Å². The molecule has 0 spiro atoms. The second-order valence-electron chi connectivity index (χ2n) is 6.82. The molecule has 1 aliphatic rings. The molecule has 0 saturated carbocycles. The van der Waals surface area contributed by atoms with E-state index in [1.165, 1.54) is 12.1 Å². The van der Waals surface area contributed by atoms with Gasteiger partial charge in [-0.1, -0.05) is 33.1 Å². The van der Waals surface area contributed by atoms with Crippen molar-refractivity contribution in [2.75, 3.05) is 0 Å². The molecule has 1 fully saturated rings. The van der Waals surface area contributed by atoms with Gasteiger partial charge in [-0.25, -0.2) is 0 Å². The van der Waals surface area contributed by atoms with Crippen LogP contribution in [-0.2, 0) is 4.79 Å². The lowest BCUT2D eigenvalue weighted by Gasteiger charge is -2.46. The van der Waals surface area contributed by atoms with Gasteiger partial charge in [0.05, 0.1) is 5.92 Å². The summed E-state index contributed by atoms with van der Waals surface area (Å²) in [6, 6.07) is 2.60. The third kappa shape index (κ3) is 3.30. The second-order valence-corrected chi connectivity index (χ2v) is 16.5. The van der Waals surface area contributed by atoms with E-state index in [9.17, 15) is 9.90 Å². The molecule has 1 saturated heterocycles. The first-order chi connectivity index (χ1) is 8.67. The summed E-state index contributed by atoms with van der Waals surface area (Å²) in [7, 11) is -2.99. The minimum atomic E-state index is -1.49. The summed E-state index contributed by atoms with van der Waals surface area (Å²) in [6.07, 6.45) is 6.76. The van der Waals surface area contributed by atoms with Gasteiger partial charge in [-0.2, -0.15) is 0 Å². The number of hydrogen-bond donors (Lipinski definition) is 1. The molecule has 3 nitrogen and oxygen atoms in total. The zero-order chi connectivity index (χ0) is 14.8. The van der Waals surface area contributed by atoms with E-state index in [0.29, 0.717) is 12.8 Å². The van der Waals surface area contributed by atoms with Crippen LogP contribution in [0.15, 0.2) is 0 Å². The normalized spacial score (nSPS) is 24.6. The first-order valence-electron chi connectivity index (χ1n) is 7.13. The highest BCUT2D eigenvalue weighted by atomic mass is 28.4. The van der Waals surface area contributed by atoms with Gasteiger partial charge in [-0.05, 0) is 18.5 Å². The molecule has 0 aromatic carbocycles. The Labute approximate surface area is 119 Å². The number of hydrogen-bond acceptors (Lipinski definition) is 2. The first-order valence-corrected chi connectivity index (χ1v) is 13.4. The zero-order valence-electron chi connectivity index (χ0n) is 12.9. The molecule has 2 unspecified atom stereocenters. The van der Waals surface area contributed by atoms with Gasteiger partial charge >= 0.3 is 5.97 Å². The highest BCUT2D eigenvalue weighted by Crippen LogP contribution is 2.41. The van der Waals surface area contributed by atoms with Crippen LogP contribution in [0.4, 0.5) is 0 Å². The van der Waals surface area contributed by atoms with Crippen molar-refractivity contribution in [2.45, 2.75) is 64.1 Å². The predicted octanol–water partition coefficient (Wildman–Crippen LogP) is 3.21. The van der Waals surface area contributed by atoms with Crippen LogP contribution in [0.25, 0.3) is 0 Å². The number of nitrogens with zero attached hydrogens (tertiary/aromatic N) is 1. The molecule has 0 aliphatic carbocycles. The predicted molar refractivity (Wildman–Crippen MR) is 85.1 cm³/mol. The smallest absolute Gasteiger partial charge is 0.308 e. The van der Waals surface area contributed by atoms with Gasteiger partial charge in [0.15, 0.2) is 0 Å². The Kier molecular flexibility index (Phi) is 5.05. The average molecular weight is 298 g/mol. The molecule has 0 radical (unpaired) electrons. The molecule has 1 heterocycles. The largest absolute Gasteiger partial charge is 0.481 e. The van der Waals surface area contributed by atoms with Crippen molar-refractivity contribution in [2.24, 2.45) is 5.92 Å². The van der Waals surface area contributed by atoms with Crippen LogP contribution in [0.2, 0.25) is 38.3 Å². The first kappa shape index (κ1) is 16.5. The molecule has 1 aliphatic heterocycles. The van der Waals surface area contributed by atoms with Crippen molar-refractivity contribution in [3.63, 3.8) is 0 Å². The topological polar surface area (TPSA) is 40.5 Å². The van der Waals surface area contributed by atoms with Crippen molar-refractivity contribution in [3.05, 3.63) is 0 Å². The van der Waals surface area contributed by atoms with Crippen molar-refractivity contribution < 1.29 is 9.90 Å². The van der Waals surface area contributed by atoms with Crippen LogP contribution in [0, 0.1) is 18.3 Å². The van der Waals surface area contributed by atoms with Gasteiger partial charge in [-0.15, -0.1) is 12.3 Å². The maximum atomic E-state index is 11.6. The lowest BCUT2D eigenvalue weighted by Crippen LogP contribution is -2.62. The Bertz CT molecular complexity index is 371. The molecule has 1 N–H and O–H groups in total. The molecule has 108 valence electrons. The highest BCUT2D eigenvalue weighted by Gasteiger charge is 2.52. The summed E-state index contributed by atoms with van der Waals surface area (Å²) in [4.78, 5) is 11.6. The van der Waals surface area contributed by atoms with Crippen molar-refractivity contribution in [3.8, 4) is 12.3 Å². The molecule has 0 amide bonds. The third-order valence-electron chi connectivity index (χ3n) is 4.53.